The van der Waals surface area contributed by atoms with Crippen LogP contribution in [0.4, 0.5) is 0 Å². The molecule has 5 heteroatoms. The van der Waals surface area contributed by atoms with Gasteiger partial charge in [0.25, 0.3) is 0 Å². The highest BCUT2D eigenvalue weighted by atomic mass is 16.4. The Morgan fingerprint density at radius 3 is 2.72 bits per heavy atom. The molecule has 102 valence electrons. The summed E-state index contributed by atoms with van der Waals surface area (Å²) in [4.78, 5) is 2.30. The van der Waals surface area contributed by atoms with E-state index in [2.05, 4.69) is 48.2 Å². The summed E-state index contributed by atoms with van der Waals surface area (Å²) in [6, 6.07) is 0.573. The van der Waals surface area contributed by atoms with Crippen LogP contribution in [0.25, 0.3) is 0 Å². The van der Waals surface area contributed by atoms with Crippen LogP contribution in [0.3, 0.4) is 0 Å². The van der Waals surface area contributed by atoms with Crippen LogP contribution < -0.4 is 5.32 Å². The van der Waals surface area contributed by atoms with E-state index in [-0.39, 0.29) is 5.41 Å². The fourth-order valence-corrected chi connectivity index (χ4v) is 2.17. The van der Waals surface area contributed by atoms with Gasteiger partial charge in [0.15, 0.2) is 0 Å². The molecule has 0 aromatic carbocycles. The number of nitrogens with zero attached hydrogens (tertiary/aromatic N) is 3. The van der Waals surface area contributed by atoms with E-state index in [1.807, 2.05) is 0 Å². The van der Waals surface area contributed by atoms with Crippen molar-refractivity contribution >= 4 is 0 Å². The second kappa shape index (κ2) is 5.36. The third kappa shape index (κ3) is 3.29. The first-order valence-electron chi connectivity index (χ1n) is 6.70. The summed E-state index contributed by atoms with van der Waals surface area (Å²) in [6.45, 7) is 9.17. The number of aromatic nitrogens is 2. The van der Waals surface area contributed by atoms with Gasteiger partial charge >= 0.3 is 0 Å². The molecule has 1 atom stereocenters. The van der Waals surface area contributed by atoms with E-state index < -0.39 is 0 Å². The standard InChI is InChI=1S/C13H24N4O/c1-13(2,3)12-16-15-11(18-12)9-17(4)10-6-5-7-14-8-10/h10,14H,5-9H2,1-4H3. The van der Waals surface area contributed by atoms with E-state index in [4.69, 9.17) is 4.42 Å². The van der Waals surface area contributed by atoms with Crippen molar-refractivity contribution < 1.29 is 4.42 Å². The molecule has 2 heterocycles. The van der Waals surface area contributed by atoms with Crippen molar-refractivity contribution in [1.29, 1.82) is 0 Å². The van der Waals surface area contributed by atoms with Gasteiger partial charge in [-0.2, -0.15) is 0 Å². The third-order valence-corrected chi connectivity index (χ3v) is 3.39. The fourth-order valence-electron chi connectivity index (χ4n) is 2.17. The summed E-state index contributed by atoms with van der Waals surface area (Å²) in [6.07, 6.45) is 2.48. The topological polar surface area (TPSA) is 54.2 Å². The molecule has 1 unspecified atom stereocenters. The number of likely N-dealkylation sites (N-methyl/N-ethyl adjacent to an activating group) is 1. The van der Waals surface area contributed by atoms with Crippen molar-refractivity contribution in [3.8, 4) is 0 Å². The maximum Gasteiger partial charge on any atom is 0.230 e. The molecular formula is C13H24N4O. The number of nitrogens with one attached hydrogen (secondary N) is 1. The lowest BCUT2D eigenvalue weighted by molar-refractivity contribution is 0.177. The summed E-state index contributed by atoms with van der Waals surface area (Å²) < 4.78 is 5.73. The van der Waals surface area contributed by atoms with Gasteiger partial charge in [0, 0.05) is 18.0 Å². The van der Waals surface area contributed by atoms with Crippen molar-refractivity contribution in [3.63, 3.8) is 0 Å². The van der Waals surface area contributed by atoms with Crippen LogP contribution in [-0.2, 0) is 12.0 Å². The van der Waals surface area contributed by atoms with Gasteiger partial charge in [-0.25, -0.2) is 0 Å². The first kappa shape index (κ1) is 13.5. The van der Waals surface area contributed by atoms with Crippen LogP contribution in [0.15, 0.2) is 4.42 Å². The predicted molar refractivity (Wildman–Crippen MR) is 70.4 cm³/mol. The molecule has 1 N–H and O–H groups in total. The Morgan fingerprint density at radius 1 is 1.39 bits per heavy atom. The zero-order valence-corrected chi connectivity index (χ0v) is 11.9. The van der Waals surface area contributed by atoms with Crippen LogP contribution >= 0.6 is 0 Å². The van der Waals surface area contributed by atoms with Crippen LogP contribution in [0.5, 0.6) is 0 Å². The van der Waals surface area contributed by atoms with Gasteiger partial charge < -0.3 is 9.73 Å². The minimum absolute atomic E-state index is 0.0732. The van der Waals surface area contributed by atoms with Crippen molar-refractivity contribution in [1.82, 2.24) is 20.4 Å². The Morgan fingerprint density at radius 2 is 2.17 bits per heavy atom. The first-order chi connectivity index (χ1) is 8.47. The van der Waals surface area contributed by atoms with E-state index in [9.17, 15) is 0 Å². The van der Waals surface area contributed by atoms with Crippen molar-refractivity contribution in [2.75, 3.05) is 20.1 Å². The number of hydrogen-bond acceptors (Lipinski definition) is 5. The molecule has 18 heavy (non-hydrogen) atoms. The van der Waals surface area contributed by atoms with Gasteiger partial charge in [-0.15, -0.1) is 10.2 Å². The largest absolute Gasteiger partial charge is 0.423 e. The number of hydrogen-bond donors (Lipinski definition) is 1. The fraction of sp³-hybridized carbons (Fsp3) is 0.846. The molecule has 0 bridgehead atoms. The maximum absolute atomic E-state index is 5.73. The molecule has 0 amide bonds. The smallest absolute Gasteiger partial charge is 0.230 e. The van der Waals surface area contributed by atoms with Gasteiger partial charge in [-0.3, -0.25) is 4.90 Å². The lowest BCUT2D eigenvalue weighted by atomic mass is 9.97. The number of piperidine rings is 1. The molecule has 0 saturated carbocycles. The van der Waals surface area contributed by atoms with E-state index in [1.54, 1.807) is 0 Å². The zero-order chi connectivity index (χ0) is 13.2. The molecule has 2 rings (SSSR count). The summed E-state index contributed by atoms with van der Waals surface area (Å²) in [5.41, 5.74) is -0.0732. The molecule has 0 aliphatic carbocycles. The third-order valence-electron chi connectivity index (χ3n) is 3.39. The Labute approximate surface area is 109 Å². The summed E-state index contributed by atoms with van der Waals surface area (Å²) >= 11 is 0. The van der Waals surface area contributed by atoms with Gasteiger partial charge in [0.1, 0.15) is 0 Å². The van der Waals surface area contributed by atoms with E-state index in [0.717, 1.165) is 19.6 Å². The molecule has 5 nitrogen and oxygen atoms in total. The Balaban J connectivity index is 1.94. The van der Waals surface area contributed by atoms with Gasteiger partial charge in [0.2, 0.25) is 11.8 Å². The van der Waals surface area contributed by atoms with Crippen LogP contribution in [0, 0.1) is 0 Å². The molecule has 0 spiro atoms. The highest BCUT2D eigenvalue weighted by molar-refractivity contribution is 4.96. The average molecular weight is 252 g/mol. The first-order valence-corrected chi connectivity index (χ1v) is 6.70. The highest BCUT2D eigenvalue weighted by Gasteiger charge is 2.23. The maximum atomic E-state index is 5.73. The van der Waals surface area contributed by atoms with Crippen molar-refractivity contribution in [2.45, 2.75) is 51.6 Å². The highest BCUT2D eigenvalue weighted by Crippen LogP contribution is 2.21. The van der Waals surface area contributed by atoms with E-state index >= 15 is 0 Å². The Hall–Kier alpha value is -0.940. The SMILES string of the molecule is CN(Cc1nnc(C(C)(C)C)o1)C1CCCNC1. The molecule has 1 aromatic rings. The van der Waals surface area contributed by atoms with Crippen molar-refractivity contribution in [3.05, 3.63) is 11.8 Å². The molecule has 1 fully saturated rings. The second-order valence-electron chi connectivity index (χ2n) is 6.17. The summed E-state index contributed by atoms with van der Waals surface area (Å²) in [7, 11) is 2.12. The van der Waals surface area contributed by atoms with E-state index in [1.165, 1.54) is 12.8 Å². The van der Waals surface area contributed by atoms with Crippen LogP contribution in [0.1, 0.15) is 45.4 Å². The average Bonchev–Trinajstić information content (AvgIpc) is 2.78. The normalized spacial score (nSPS) is 21.5. The lowest BCUT2D eigenvalue weighted by Crippen LogP contribution is -2.43. The molecule has 1 aliphatic heterocycles. The molecule has 1 aliphatic rings. The number of rotatable bonds is 3. The molecule has 1 aromatic heterocycles. The predicted octanol–water partition coefficient (Wildman–Crippen LogP) is 1.55. The van der Waals surface area contributed by atoms with Gasteiger partial charge in [0.05, 0.1) is 6.54 Å². The Kier molecular flexibility index (Phi) is 4.02. The van der Waals surface area contributed by atoms with Crippen LogP contribution in [-0.4, -0.2) is 41.3 Å². The van der Waals surface area contributed by atoms with Crippen molar-refractivity contribution in [2.24, 2.45) is 0 Å². The van der Waals surface area contributed by atoms with E-state index in [0.29, 0.717) is 17.8 Å². The molecule has 1 saturated heterocycles. The van der Waals surface area contributed by atoms with Gasteiger partial charge in [-0.05, 0) is 26.4 Å². The van der Waals surface area contributed by atoms with Crippen LogP contribution in [0.2, 0.25) is 0 Å². The zero-order valence-electron chi connectivity index (χ0n) is 11.9. The summed E-state index contributed by atoms with van der Waals surface area (Å²) in [5, 5.41) is 11.7. The Bertz CT molecular complexity index is 377. The monoisotopic (exact) mass is 252 g/mol. The molecular weight excluding hydrogens is 228 g/mol. The molecule has 0 radical (unpaired) electrons. The lowest BCUT2D eigenvalue weighted by Gasteiger charge is -2.30. The minimum atomic E-state index is -0.0732. The quantitative estimate of drug-likeness (QED) is 0.884. The summed E-state index contributed by atoms with van der Waals surface area (Å²) in [5.74, 6) is 1.43. The minimum Gasteiger partial charge on any atom is -0.423 e. The van der Waals surface area contributed by atoms with Gasteiger partial charge in [-0.1, -0.05) is 20.8 Å². The second-order valence-corrected chi connectivity index (χ2v) is 6.17.